The Morgan fingerprint density at radius 3 is 2.52 bits per heavy atom. The van der Waals surface area contributed by atoms with E-state index in [1.54, 1.807) is 18.5 Å². The summed E-state index contributed by atoms with van der Waals surface area (Å²) in [7, 11) is 0. The van der Waals surface area contributed by atoms with E-state index in [1.165, 1.54) is 0 Å². The first kappa shape index (κ1) is 13.1. The fourth-order valence-corrected chi connectivity index (χ4v) is 2.34. The van der Waals surface area contributed by atoms with E-state index in [2.05, 4.69) is 9.97 Å². The van der Waals surface area contributed by atoms with E-state index in [9.17, 15) is 9.90 Å². The summed E-state index contributed by atoms with van der Waals surface area (Å²) in [6, 6.07) is 13.1. The van der Waals surface area contributed by atoms with E-state index < -0.39 is 5.97 Å². The Bertz CT molecular complexity index is 792. The van der Waals surface area contributed by atoms with Crippen LogP contribution in [0.4, 0.5) is 0 Å². The number of hydrogen-bond donors (Lipinski definition) is 2. The number of pyridine rings is 1. The average Bonchev–Trinajstić information content (AvgIpc) is 2.93. The number of aromatic carboxylic acids is 1. The van der Waals surface area contributed by atoms with Gasteiger partial charge in [-0.2, -0.15) is 0 Å². The van der Waals surface area contributed by atoms with Crippen molar-refractivity contribution in [2.24, 2.45) is 0 Å². The van der Waals surface area contributed by atoms with Gasteiger partial charge in [-0.05, 0) is 36.8 Å². The van der Waals surface area contributed by atoms with Gasteiger partial charge in [-0.15, -0.1) is 0 Å². The van der Waals surface area contributed by atoms with Crippen molar-refractivity contribution in [1.29, 1.82) is 0 Å². The number of H-pyrrole nitrogens is 1. The number of nitrogens with one attached hydrogen (secondary N) is 1. The topological polar surface area (TPSA) is 66.0 Å². The van der Waals surface area contributed by atoms with Crippen molar-refractivity contribution in [1.82, 2.24) is 9.97 Å². The second-order valence-corrected chi connectivity index (χ2v) is 4.88. The number of carboxylic acid groups (broad SMARTS) is 1. The Kier molecular flexibility index (Phi) is 3.28. The Morgan fingerprint density at radius 2 is 1.86 bits per heavy atom. The first-order valence-electron chi connectivity index (χ1n) is 6.59. The van der Waals surface area contributed by atoms with Crippen LogP contribution < -0.4 is 0 Å². The van der Waals surface area contributed by atoms with Crippen molar-refractivity contribution in [3.05, 3.63) is 66.0 Å². The molecule has 2 heterocycles. The van der Waals surface area contributed by atoms with Gasteiger partial charge in [0.2, 0.25) is 0 Å². The van der Waals surface area contributed by atoms with Gasteiger partial charge in [-0.25, -0.2) is 4.79 Å². The molecular formula is C17H14N2O2. The number of carbonyl (C=O) groups is 1. The van der Waals surface area contributed by atoms with Gasteiger partial charge in [-0.3, -0.25) is 4.98 Å². The highest BCUT2D eigenvalue weighted by atomic mass is 16.4. The number of carboxylic acids is 1. The molecule has 4 nitrogen and oxygen atoms in total. The number of rotatable bonds is 3. The zero-order valence-corrected chi connectivity index (χ0v) is 11.5. The molecule has 0 atom stereocenters. The maximum atomic E-state index is 11.5. The van der Waals surface area contributed by atoms with Crippen LogP contribution in [0.3, 0.4) is 0 Å². The third-order valence-electron chi connectivity index (χ3n) is 3.35. The fourth-order valence-electron chi connectivity index (χ4n) is 2.34. The zero-order valence-electron chi connectivity index (χ0n) is 11.5. The minimum Gasteiger partial charge on any atom is -0.478 e. The molecule has 2 N–H and O–H groups in total. The molecule has 2 aromatic heterocycles. The van der Waals surface area contributed by atoms with Crippen molar-refractivity contribution in [3.8, 4) is 22.5 Å². The van der Waals surface area contributed by atoms with E-state index in [-0.39, 0.29) is 5.56 Å². The first-order chi connectivity index (χ1) is 10.1. The summed E-state index contributed by atoms with van der Waals surface area (Å²) in [6.07, 6.45) is 3.37. The van der Waals surface area contributed by atoms with E-state index in [0.29, 0.717) is 5.69 Å². The fraction of sp³-hybridized carbons (Fsp3) is 0.0588. The Labute approximate surface area is 122 Å². The minimum absolute atomic E-state index is 0.271. The Balaban J connectivity index is 2.16. The normalized spacial score (nSPS) is 10.5. The molecule has 4 heteroatoms. The predicted molar refractivity (Wildman–Crippen MR) is 81.2 cm³/mol. The van der Waals surface area contributed by atoms with Crippen LogP contribution in [-0.2, 0) is 0 Å². The summed E-state index contributed by atoms with van der Waals surface area (Å²) < 4.78 is 0. The molecule has 3 aromatic rings. The van der Waals surface area contributed by atoms with Crippen LogP contribution >= 0.6 is 0 Å². The minimum atomic E-state index is -0.942. The van der Waals surface area contributed by atoms with Crippen molar-refractivity contribution in [3.63, 3.8) is 0 Å². The van der Waals surface area contributed by atoms with Crippen molar-refractivity contribution >= 4 is 5.97 Å². The highest BCUT2D eigenvalue weighted by Crippen LogP contribution is 2.29. The summed E-state index contributed by atoms with van der Waals surface area (Å²) in [5.74, 6) is -0.942. The molecule has 21 heavy (non-hydrogen) atoms. The number of aryl methyl sites for hydroxylation is 1. The van der Waals surface area contributed by atoms with Gasteiger partial charge in [0.05, 0.1) is 11.3 Å². The number of hydrogen-bond acceptors (Lipinski definition) is 2. The third kappa shape index (κ3) is 2.56. The molecule has 0 saturated heterocycles. The van der Waals surface area contributed by atoms with Gasteiger partial charge in [0, 0.05) is 23.7 Å². The molecule has 0 saturated carbocycles. The molecule has 0 bridgehead atoms. The van der Waals surface area contributed by atoms with Crippen LogP contribution in [0.2, 0.25) is 0 Å². The van der Waals surface area contributed by atoms with Crippen molar-refractivity contribution < 1.29 is 9.90 Å². The van der Waals surface area contributed by atoms with Crippen molar-refractivity contribution in [2.75, 3.05) is 0 Å². The molecule has 0 spiro atoms. The smallest absolute Gasteiger partial charge is 0.337 e. The van der Waals surface area contributed by atoms with Crippen LogP contribution in [0.15, 0.2) is 54.9 Å². The van der Waals surface area contributed by atoms with Gasteiger partial charge in [0.15, 0.2) is 0 Å². The van der Waals surface area contributed by atoms with Gasteiger partial charge < -0.3 is 10.1 Å². The lowest BCUT2D eigenvalue weighted by molar-refractivity contribution is 0.0698. The highest BCUT2D eigenvalue weighted by Gasteiger charge is 2.16. The second-order valence-electron chi connectivity index (χ2n) is 4.88. The van der Waals surface area contributed by atoms with Gasteiger partial charge in [-0.1, -0.05) is 23.8 Å². The van der Waals surface area contributed by atoms with E-state index in [1.807, 2.05) is 43.3 Å². The Hall–Kier alpha value is -2.88. The highest BCUT2D eigenvalue weighted by molar-refractivity contribution is 5.97. The lowest BCUT2D eigenvalue weighted by atomic mass is 10.1. The summed E-state index contributed by atoms with van der Waals surface area (Å²) >= 11 is 0. The summed E-state index contributed by atoms with van der Waals surface area (Å²) in [5.41, 5.74) is 4.53. The second kappa shape index (κ2) is 5.25. The zero-order chi connectivity index (χ0) is 14.8. The SMILES string of the molecule is Cc1cccc(-c2[nH]c(-c3ccncc3)cc2C(=O)O)c1. The van der Waals surface area contributed by atoms with Gasteiger partial charge in [0.25, 0.3) is 0 Å². The van der Waals surface area contributed by atoms with Gasteiger partial charge >= 0.3 is 5.97 Å². The molecule has 0 aliphatic heterocycles. The lowest BCUT2D eigenvalue weighted by Crippen LogP contribution is -1.96. The predicted octanol–water partition coefficient (Wildman–Crippen LogP) is 3.75. The standard InChI is InChI=1S/C17H14N2O2/c1-11-3-2-4-13(9-11)16-14(17(20)21)10-15(19-16)12-5-7-18-8-6-12/h2-10,19H,1H3,(H,20,21). The third-order valence-corrected chi connectivity index (χ3v) is 3.35. The van der Waals surface area contributed by atoms with Gasteiger partial charge in [0.1, 0.15) is 0 Å². The molecule has 104 valence electrons. The quantitative estimate of drug-likeness (QED) is 0.766. The molecule has 0 unspecified atom stereocenters. The van der Waals surface area contributed by atoms with E-state index in [4.69, 9.17) is 0 Å². The van der Waals surface area contributed by atoms with Crippen LogP contribution in [0, 0.1) is 6.92 Å². The summed E-state index contributed by atoms with van der Waals surface area (Å²) in [5, 5.41) is 9.42. The maximum Gasteiger partial charge on any atom is 0.337 e. The molecule has 0 aliphatic carbocycles. The molecule has 0 radical (unpaired) electrons. The Morgan fingerprint density at radius 1 is 1.10 bits per heavy atom. The number of aromatic nitrogens is 2. The molecule has 0 amide bonds. The van der Waals surface area contributed by atoms with Crippen molar-refractivity contribution in [2.45, 2.75) is 6.92 Å². The summed E-state index contributed by atoms with van der Waals surface area (Å²) in [6.45, 7) is 1.98. The van der Waals surface area contributed by atoms with Crippen LogP contribution in [-0.4, -0.2) is 21.0 Å². The van der Waals surface area contributed by atoms with Crippen LogP contribution in [0.25, 0.3) is 22.5 Å². The lowest BCUT2D eigenvalue weighted by Gasteiger charge is -2.02. The molecule has 0 fully saturated rings. The molecular weight excluding hydrogens is 264 g/mol. The number of aromatic amines is 1. The van der Waals surface area contributed by atoms with E-state index in [0.717, 1.165) is 22.4 Å². The molecule has 3 rings (SSSR count). The first-order valence-corrected chi connectivity index (χ1v) is 6.59. The molecule has 0 aliphatic rings. The van der Waals surface area contributed by atoms with E-state index >= 15 is 0 Å². The average molecular weight is 278 g/mol. The summed E-state index contributed by atoms with van der Waals surface area (Å²) in [4.78, 5) is 18.7. The van der Waals surface area contributed by atoms with Crippen LogP contribution in [0.1, 0.15) is 15.9 Å². The monoisotopic (exact) mass is 278 g/mol. The van der Waals surface area contributed by atoms with Crippen LogP contribution in [0.5, 0.6) is 0 Å². The number of nitrogens with zero attached hydrogens (tertiary/aromatic N) is 1. The maximum absolute atomic E-state index is 11.5. The largest absolute Gasteiger partial charge is 0.478 e. The number of benzene rings is 1. The molecule has 1 aromatic carbocycles.